The molecule has 0 aliphatic heterocycles. The second-order valence-electron chi connectivity index (χ2n) is 4.79. The molecule has 0 radical (unpaired) electrons. The largest absolute Gasteiger partial charge is 0.324 e. The van der Waals surface area contributed by atoms with E-state index in [1.54, 1.807) is 0 Å². The van der Waals surface area contributed by atoms with E-state index in [4.69, 9.17) is 0 Å². The molecule has 0 unspecified atom stereocenters. The zero-order chi connectivity index (χ0) is 15.2. The lowest BCUT2D eigenvalue weighted by Gasteiger charge is -2.17. The van der Waals surface area contributed by atoms with Crippen LogP contribution < -0.4 is 5.32 Å². The summed E-state index contributed by atoms with van der Waals surface area (Å²) in [6, 6.07) is 15.8. The summed E-state index contributed by atoms with van der Waals surface area (Å²) in [6.45, 7) is 1.08. The van der Waals surface area contributed by atoms with Crippen LogP contribution in [0.15, 0.2) is 53.0 Å². The van der Waals surface area contributed by atoms with Crippen molar-refractivity contribution in [2.45, 2.75) is 6.54 Å². The van der Waals surface area contributed by atoms with E-state index in [1.165, 1.54) is 5.56 Å². The molecule has 0 fully saturated rings. The summed E-state index contributed by atoms with van der Waals surface area (Å²) in [5, 5.41) is 2.94. The van der Waals surface area contributed by atoms with Crippen LogP contribution >= 0.6 is 38.5 Å². The Morgan fingerprint density at radius 3 is 2.57 bits per heavy atom. The van der Waals surface area contributed by atoms with Crippen molar-refractivity contribution in [1.29, 1.82) is 0 Å². The van der Waals surface area contributed by atoms with Gasteiger partial charge >= 0.3 is 0 Å². The van der Waals surface area contributed by atoms with E-state index in [9.17, 15) is 4.79 Å². The van der Waals surface area contributed by atoms with Crippen molar-refractivity contribution in [3.63, 3.8) is 0 Å². The van der Waals surface area contributed by atoms with Crippen LogP contribution in [0.3, 0.4) is 0 Å². The van der Waals surface area contributed by atoms with Crippen LogP contribution in [-0.4, -0.2) is 24.4 Å². The molecule has 0 saturated heterocycles. The Bertz CT molecular complexity index is 633. The van der Waals surface area contributed by atoms with Gasteiger partial charge in [0.25, 0.3) is 0 Å². The minimum Gasteiger partial charge on any atom is -0.324 e. The molecule has 21 heavy (non-hydrogen) atoms. The fraction of sp³-hybridized carbons (Fsp3) is 0.188. The van der Waals surface area contributed by atoms with E-state index in [2.05, 4.69) is 49.9 Å². The minimum absolute atomic E-state index is 0.00586. The third-order valence-electron chi connectivity index (χ3n) is 2.96. The van der Waals surface area contributed by atoms with Gasteiger partial charge in [-0.15, -0.1) is 0 Å². The smallest absolute Gasteiger partial charge is 0.238 e. The number of likely N-dealkylation sites (N-methyl/N-ethyl adjacent to an activating group) is 1. The number of nitrogens with zero attached hydrogens (tertiary/aromatic N) is 1. The molecule has 0 bridgehead atoms. The number of benzene rings is 2. The van der Waals surface area contributed by atoms with Crippen molar-refractivity contribution in [2.75, 3.05) is 18.9 Å². The molecule has 2 aromatic carbocycles. The SMILES string of the molecule is CN(CC(=O)Nc1ccccc1I)Cc1ccccc1Br. The van der Waals surface area contributed by atoms with Crippen molar-refractivity contribution >= 4 is 50.1 Å². The maximum absolute atomic E-state index is 12.1. The molecule has 2 aromatic rings. The van der Waals surface area contributed by atoms with Gasteiger partial charge in [0, 0.05) is 14.6 Å². The Balaban J connectivity index is 1.91. The Morgan fingerprint density at radius 1 is 1.19 bits per heavy atom. The second kappa shape index (κ2) is 7.91. The van der Waals surface area contributed by atoms with E-state index in [-0.39, 0.29) is 5.91 Å². The highest BCUT2D eigenvalue weighted by molar-refractivity contribution is 14.1. The molecule has 0 spiro atoms. The predicted octanol–water partition coefficient (Wildman–Crippen LogP) is 4.12. The maximum atomic E-state index is 12.1. The van der Waals surface area contributed by atoms with Gasteiger partial charge in [-0.2, -0.15) is 0 Å². The number of anilines is 1. The summed E-state index contributed by atoms with van der Waals surface area (Å²) >= 11 is 5.74. The molecule has 2 rings (SSSR count). The van der Waals surface area contributed by atoms with Crippen LogP contribution in [0.1, 0.15) is 5.56 Å². The molecule has 5 heteroatoms. The number of hydrogen-bond donors (Lipinski definition) is 1. The Morgan fingerprint density at radius 2 is 1.86 bits per heavy atom. The first-order chi connectivity index (χ1) is 10.1. The Hall–Kier alpha value is -0.920. The summed E-state index contributed by atoms with van der Waals surface area (Å²) in [4.78, 5) is 14.1. The number of halogens is 2. The quantitative estimate of drug-likeness (QED) is 0.683. The molecule has 1 amide bonds. The molecule has 110 valence electrons. The topological polar surface area (TPSA) is 32.3 Å². The van der Waals surface area contributed by atoms with Gasteiger partial charge in [-0.25, -0.2) is 0 Å². The van der Waals surface area contributed by atoms with Gasteiger partial charge in [0.05, 0.1) is 12.2 Å². The van der Waals surface area contributed by atoms with E-state index >= 15 is 0 Å². The molecule has 0 aliphatic carbocycles. The van der Waals surface area contributed by atoms with Gasteiger partial charge in [-0.05, 0) is 53.4 Å². The zero-order valence-electron chi connectivity index (χ0n) is 11.6. The number of hydrogen-bond acceptors (Lipinski definition) is 2. The number of amides is 1. The van der Waals surface area contributed by atoms with Crippen molar-refractivity contribution < 1.29 is 4.79 Å². The van der Waals surface area contributed by atoms with E-state index in [1.807, 2.05) is 54.4 Å². The molecular formula is C16H16BrIN2O. The molecular weight excluding hydrogens is 443 g/mol. The fourth-order valence-electron chi connectivity index (χ4n) is 1.97. The lowest BCUT2D eigenvalue weighted by Crippen LogP contribution is -2.30. The van der Waals surface area contributed by atoms with Crippen molar-refractivity contribution in [2.24, 2.45) is 0 Å². The molecule has 0 aromatic heterocycles. The molecule has 0 atom stereocenters. The van der Waals surface area contributed by atoms with Crippen LogP contribution in [0.5, 0.6) is 0 Å². The van der Waals surface area contributed by atoms with Gasteiger partial charge in [-0.1, -0.05) is 46.3 Å². The lowest BCUT2D eigenvalue weighted by atomic mass is 10.2. The van der Waals surface area contributed by atoms with E-state index in [0.29, 0.717) is 6.54 Å². The molecule has 1 N–H and O–H groups in total. The van der Waals surface area contributed by atoms with Crippen LogP contribution in [0.4, 0.5) is 5.69 Å². The van der Waals surface area contributed by atoms with Crippen molar-refractivity contribution in [3.05, 3.63) is 62.1 Å². The van der Waals surface area contributed by atoms with Crippen LogP contribution in [0.2, 0.25) is 0 Å². The van der Waals surface area contributed by atoms with Crippen LogP contribution in [0, 0.1) is 3.57 Å². The summed E-state index contributed by atoms with van der Waals surface area (Å²) in [7, 11) is 1.94. The highest BCUT2D eigenvalue weighted by Crippen LogP contribution is 2.18. The molecule has 0 heterocycles. The first-order valence-electron chi connectivity index (χ1n) is 6.52. The third-order valence-corrected chi connectivity index (χ3v) is 4.67. The fourth-order valence-corrected chi connectivity index (χ4v) is 2.90. The first kappa shape index (κ1) is 16.5. The number of para-hydroxylation sites is 1. The number of carbonyl (C=O) groups is 1. The average Bonchev–Trinajstić information content (AvgIpc) is 2.44. The number of carbonyl (C=O) groups excluding carboxylic acids is 1. The number of rotatable bonds is 5. The van der Waals surface area contributed by atoms with Gasteiger partial charge in [-0.3, -0.25) is 9.69 Å². The van der Waals surface area contributed by atoms with Crippen molar-refractivity contribution in [3.8, 4) is 0 Å². The average molecular weight is 459 g/mol. The lowest BCUT2D eigenvalue weighted by molar-refractivity contribution is -0.117. The van der Waals surface area contributed by atoms with Crippen LogP contribution in [-0.2, 0) is 11.3 Å². The molecule has 0 saturated carbocycles. The molecule has 0 aliphatic rings. The Labute approximate surface area is 147 Å². The van der Waals surface area contributed by atoms with Gasteiger partial charge in [0.2, 0.25) is 5.91 Å². The zero-order valence-corrected chi connectivity index (χ0v) is 15.4. The maximum Gasteiger partial charge on any atom is 0.238 e. The summed E-state index contributed by atoms with van der Waals surface area (Å²) < 4.78 is 2.10. The summed E-state index contributed by atoms with van der Waals surface area (Å²) in [5.74, 6) is -0.00586. The predicted molar refractivity (Wildman–Crippen MR) is 98.3 cm³/mol. The third kappa shape index (κ3) is 5.09. The minimum atomic E-state index is -0.00586. The first-order valence-corrected chi connectivity index (χ1v) is 8.40. The monoisotopic (exact) mass is 458 g/mol. The normalized spacial score (nSPS) is 10.7. The van der Waals surface area contributed by atoms with E-state index in [0.717, 1.165) is 20.3 Å². The van der Waals surface area contributed by atoms with Gasteiger partial charge in [0.15, 0.2) is 0 Å². The van der Waals surface area contributed by atoms with Crippen molar-refractivity contribution in [1.82, 2.24) is 4.90 Å². The second-order valence-corrected chi connectivity index (χ2v) is 6.81. The van der Waals surface area contributed by atoms with Gasteiger partial charge in [0.1, 0.15) is 0 Å². The standard InChI is InChI=1S/C16H16BrIN2O/c1-20(10-12-6-2-3-7-13(12)17)11-16(21)19-15-9-5-4-8-14(15)18/h2-9H,10-11H2,1H3,(H,19,21). The Kier molecular flexibility index (Phi) is 6.20. The number of nitrogens with one attached hydrogen (secondary N) is 1. The highest BCUT2D eigenvalue weighted by atomic mass is 127. The summed E-state index contributed by atoms with van der Waals surface area (Å²) in [6.07, 6.45) is 0. The van der Waals surface area contributed by atoms with Gasteiger partial charge < -0.3 is 5.32 Å². The molecule has 3 nitrogen and oxygen atoms in total. The van der Waals surface area contributed by atoms with E-state index < -0.39 is 0 Å². The summed E-state index contributed by atoms with van der Waals surface area (Å²) in [5.41, 5.74) is 2.03. The highest BCUT2D eigenvalue weighted by Gasteiger charge is 2.10. The van der Waals surface area contributed by atoms with Crippen LogP contribution in [0.25, 0.3) is 0 Å².